The van der Waals surface area contributed by atoms with E-state index in [4.69, 9.17) is 0 Å². The number of benzene rings is 2. The van der Waals surface area contributed by atoms with E-state index in [9.17, 15) is 20.1 Å². The molecule has 4 rings (SSSR count). The molecule has 2 heterocycles. The summed E-state index contributed by atoms with van der Waals surface area (Å²) in [7, 11) is 0. The number of rotatable bonds is 3. The zero-order valence-corrected chi connectivity index (χ0v) is 13.3. The smallest absolute Gasteiger partial charge is 0.336 e. The summed E-state index contributed by atoms with van der Waals surface area (Å²) in [5.41, 5.74) is 2.47. The van der Waals surface area contributed by atoms with E-state index in [1.807, 2.05) is 30.3 Å². The number of hydrogen-bond acceptors (Lipinski definition) is 5. The number of aromatic carboxylic acids is 1. The molecular formula is C19H13N3O4. The molecular weight excluding hydrogens is 334 g/mol. The second-order valence-electron chi connectivity index (χ2n) is 5.73. The highest BCUT2D eigenvalue weighted by molar-refractivity contribution is 6.08. The standard InChI is InChI=1S/C19H13N3O4/c23-14-7-6-11(8-15(14)24)13-9-12(19(25)26)16-17(21-22-18(16)20-13)10-4-2-1-3-5-10/h1-9,23-24H,(H,25,26)(H,20,21,22). The normalized spacial score (nSPS) is 10.9. The minimum Gasteiger partial charge on any atom is -0.504 e. The van der Waals surface area contributed by atoms with E-state index in [0.717, 1.165) is 5.56 Å². The van der Waals surface area contributed by atoms with Gasteiger partial charge in [-0.3, -0.25) is 5.10 Å². The number of H-pyrrole nitrogens is 1. The van der Waals surface area contributed by atoms with Crippen LogP contribution in [0.25, 0.3) is 33.5 Å². The van der Waals surface area contributed by atoms with Gasteiger partial charge < -0.3 is 15.3 Å². The molecule has 0 aliphatic heterocycles. The van der Waals surface area contributed by atoms with Gasteiger partial charge in [0.05, 0.1) is 22.3 Å². The third-order valence-corrected chi connectivity index (χ3v) is 4.09. The van der Waals surface area contributed by atoms with Crippen LogP contribution in [-0.2, 0) is 0 Å². The molecule has 7 nitrogen and oxygen atoms in total. The summed E-state index contributed by atoms with van der Waals surface area (Å²) < 4.78 is 0. The van der Waals surface area contributed by atoms with E-state index < -0.39 is 5.97 Å². The fourth-order valence-corrected chi connectivity index (χ4v) is 2.84. The first kappa shape index (κ1) is 15.6. The molecule has 2 aromatic heterocycles. The van der Waals surface area contributed by atoms with Crippen molar-refractivity contribution in [1.82, 2.24) is 15.2 Å². The first-order valence-corrected chi connectivity index (χ1v) is 7.75. The van der Waals surface area contributed by atoms with Crippen LogP contribution < -0.4 is 0 Å². The molecule has 0 spiro atoms. The number of nitrogens with one attached hydrogen (secondary N) is 1. The number of carboxylic acids is 1. The van der Waals surface area contributed by atoms with E-state index in [1.54, 1.807) is 6.07 Å². The lowest BCUT2D eigenvalue weighted by Gasteiger charge is -2.06. The summed E-state index contributed by atoms with van der Waals surface area (Å²) >= 11 is 0. The molecule has 0 saturated heterocycles. The predicted molar refractivity (Wildman–Crippen MR) is 95.0 cm³/mol. The lowest BCUT2D eigenvalue weighted by Crippen LogP contribution is -2.00. The fourth-order valence-electron chi connectivity index (χ4n) is 2.84. The molecule has 0 aliphatic carbocycles. The van der Waals surface area contributed by atoms with Gasteiger partial charge in [0.1, 0.15) is 0 Å². The number of carbonyl (C=O) groups is 1. The molecule has 4 aromatic rings. The number of pyridine rings is 1. The summed E-state index contributed by atoms with van der Waals surface area (Å²) in [6, 6.07) is 14.9. The lowest BCUT2D eigenvalue weighted by atomic mass is 10.0. The third kappa shape index (κ3) is 2.51. The number of hydrogen-bond donors (Lipinski definition) is 4. The molecule has 0 amide bonds. The van der Waals surface area contributed by atoms with Gasteiger partial charge in [-0.25, -0.2) is 9.78 Å². The van der Waals surface area contributed by atoms with Crippen molar-refractivity contribution >= 4 is 17.0 Å². The van der Waals surface area contributed by atoms with Gasteiger partial charge in [0.15, 0.2) is 17.1 Å². The van der Waals surface area contributed by atoms with E-state index in [2.05, 4.69) is 15.2 Å². The first-order chi connectivity index (χ1) is 12.5. The molecule has 26 heavy (non-hydrogen) atoms. The molecule has 0 atom stereocenters. The number of aromatic nitrogens is 3. The molecule has 0 saturated carbocycles. The maximum atomic E-state index is 11.8. The molecule has 0 aliphatic rings. The van der Waals surface area contributed by atoms with Crippen LogP contribution in [0.4, 0.5) is 0 Å². The van der Waals surface area contributed by atoms with Gasteiger partial charge in [-0.15, -0.1) is 0 Å². The van der Waals surface area contributed by atoms with Crippen molar-refractivity contribution in [3.05, 3.63) is 60.2 Å². The van der Waals surface area contributed by atoms with Crippen LogP contribution in [0.3, 0.4) is 0 Å². The number of aromatic amines is 1. The number of carboxylic acid groups (broad SMARTS) is 1. The second kappa shape index (κ2) is 5.89. The van der Waals surface area contributed by atoms with E-state index in [1.165, 1.54) is 18.2 Å². The quantitative estimate of drug-likeness (QED) is 0.422. The highest BCUT2D eigenvalue weighted by atomic mass is 16.4. The Bertz CT molecular complexity index is 1140. The molecule has 0 fully saturated rings. The van der Waals surface area contributed by atoms with Crippen LogP contribution in [0, 0.1) is 0 Å². The van der Waals surface area contributed by atoms with Crippen molar-refractivity contribution in [1.29, 1.82) is 0 Å². The van der Waals surface area contributed by atoms with Crippen molar-refractivity contribution < 1.29 is 20.1 Å². The van der Waals surface area contributed by atoms with Crippen LogP contribution in [0.2, 0.25) is 0 Å². The monoisotopic (exact) mass is 347 g/mol. The summed E-state index contributed by atoms with van der Waals surface area (Å²) in [6.45, 7) is 0. The Morgan fingerprint density at radius 1 is 0.923 bits per heavy atom. The molecule has 0 radical (unpaired) electrons. The Morgan fingerprint density at radius 2 is 1.69 bits per heavy atom. The predicted octanol–water partition coefficient (Wildman–Crippen LogP) is 3.40. The van der Waals surface area contributed by atoms with Crippen LogP contribution in [0.1, 0.15) is 10.4 Å². The van der Waals surface area contributed by atoms with Gasteiger partial charge in [-0.2, -0.15) is 5.10 Å². The first-order valence-electron chi connectivity index (χ1n) is 7.75. The Kier molecular flexibility index (Phi) is 3.54. The minimum atomic E-state index is -1.11. The molecule has 128 valence electrons. The van der Waals surface area contributed by atoms with Crippen LogP contribution >= 0.6 is 0 Å². The van der Waals surface area contributed by atoms with E-state index in [0.29, 0.717) is 22.3 Å². The molecule has 0 unspecified atom stereocenters. The number of phenols is 2. The van der Waals surface area contributed by atoms with Crippen molar-refractivity contribution in [2.24, 2.45) is 0 Å². The van der Waals surface area contributed by atoms with Crippen molar-refractivity contribution in [3.8, 4) is 34.0 Å². The largest absolute Gasteiger partial charge is 0.504 e. The Labute approximate surface area is 147 Å². The molecule has 2 aromatic carbocycles. The number of aromatic hydroxyl groups is 2. The van der Waals surface area contributed by atoms with Gasteiger partial charge in [0.2, 0.25) is 0 Å². The average molecular weight is 347 g/mol. The Morgan fingerprint density at radius 3 is 2.38 bits per heavy atom. The van der Waals surface area contributed by atoms with Crippen LogP contribution in [0.5, 0.6) is 11.5 Å². The fraction of sp³-hybridized carbons (Fsp3) is 0. The topological polar surface area (TPSA) is 119 Å². The minimum absolute atomic E-state index is 0.0465. The van der Waals surface area contributed by atoms with E-state index >= 15 is 0 Å². The zero-order chi connectivity index (χ0) is 18.3. The zero-order valence-electron chi connectivity index (χ0n) is 13.3. The maximum absolute atomic E-state index is 11.8. The third-order valence-electron chi connectivity index (χ3n) is 4.09. The van der Waals surface area contributed by atoms with Crippen LogP contribution in [0.15, 0.2) is 54.6 Å². The number of phenolic OH excluding ortho intramolecular Hbond substituents is 2. The van der Waals surface area contributed by atoms with Crippen LogP contribution in [-0.4, -0.2) is 36.5 Å². The summed E-state index contributed by atoms with van der Waals surface area (Å²) in [5.74, 6) is -1.69. The average Bonchev–Trinajstić information content (AvgIpc) is 3.07. The molecule has 0 bridgehead atoms. The van der Waals surface area contributed by atoms with Gasteiger partial charge in [0, 0.05) is 11.1 Å². The molecule has 7 heteroatoms. The highest BCUT2D eigenvalue weighted by Gasteiger charge is 2.20. The highest BCUT2D eigenvalue weighted by Crippen LogP contribution is 2.34. The Balaban J connectivity index is 1.97. The van der Waals surface area contributed by atoms with E-state index in [-0.39, 0.29) is 22.7 Å². The summed E-state index contributed by atoms with van der Waals surface area (Å²) in [5, 5.41) is 36.3. The van der Waals surface area contributed by atoms with Gasteiger partial charge >= 0.3 is 5.97 Å². The lowest BCUT2D eigenvalue weighted by molar-refractivity contribution is 0.0699. The van der Waals surface area contributed by atoms with Gasteiger partial charge in [-0.05, 0) is 24.3 Å². The number of fused-ring (bicyclic) bond motifs is 1. The SMILES string of the molecule is O=C(O)c1cc(-c2ccc(O)c(O)c2)nc2n[nH]c(-c3ccccc3)c12. The van der Waals surface area contributed by atoms with Crippen molar-refractivity contribution in [2.45, 2.75) is 0 Å². The van der Waals surface area contributed by atoms with Gasteiger partial charge in [-0.1, -0.05) is 30.3 Å². The van der Waals surface area contributed by atoms with Crippen molar-refractivity contribution in [2.75, 3.05) is 0 Å². The summed E-state index contributed by atoms with van der Waals surface area (Å²) in [4.78, 5) is 16.2. The van der Waals surface area contributed by atoms with Gasteiger partial charge in [0.25, 0.3) is 0 Å². The van der Waals surface area contributed by atoms with Crippen molar-refractivity contribution in [3.63, 3.8) is 0 Å². The molecule has 4 N–H and O–H groups in total. The second-order valence-corrected chi connectivity index (χ2v) is 5.73. The Hall–Kier alpha value is -3.87. The number of nitrogens with zero attached hydrogens (tertiary/aromatic N) is 2. The maximum Gasteiger partial charge on any atom is 0.336 e. The summed E-state index contributed by atoms with van der Waals surface area (Å²) in [6.07, 6.45) is 0.